The molecule has 72 valence electrons. The molecule has 1 aromatic heterocycles. The molecule has 3 nitrogen and oxygen atoms in total. The fourth-order valence-corrected chi connectivity index (χ4v) is 1.45. The van der Waals surface area contributed by atoms with Crippen molar-refractivity contribution in [1.82, 2.24) is 9.97 Å². The van der Waals surface area contributed by atoms with Crippen LogP contribution in [-0.4, -0.2) is 17.1 Å². The first-order valence-corrected chi connectivity index (χ1v) is 4.51. The molecule has 4 heteroatoms. The molecule has 2 aromatic rings. The molecule has 0 saturated heterocycles. The monoisotopic (exact) mass is 208 g/mol. The molecule has 0 saturated carbocycles. The molecule has 0 unspecified atom stereocenters. The van der Waals surface area contributed by atoms with Gasteiger partial charge in [-0.3, -0.25) is 0 Å². The zero-order chi connectivity index (χ0) is 9.97. The van der Waals surface area contributed by atoms with Gasteiger partial charge in [0.15, 0.2) is 0 Å². The van der Waals surface area contributed by atoms with Crippen LogP contribution in [0.2, 0.25) is 5.02 Å². The second-order valence-corrected chi connectivity index (χ2v) is 3.25. The van der Waals surface area contributed by atoms with Gasteiger partial charge in [-0.15, -0.1) is 0 Å². The summed E-state index contributed by atoms with van der Waals surface area (Å²) < 4.78 is 5.22. The van der Waals surface area contributed by atoms with Gasteiger partial charge in [-0.05, 0) is 18.2 Å². The van der Waals surface area contributed by atoms with E-state index in [1.165, 1.54) is 0 Å². The van der Waals surface area contributed by atoms with E-state index < -0.39 is 0 Å². The van der Waals surface area contributed by atoms with Crippen molar-refractivity contribution < 1.29 is 4.74 Å². The number of imidazole rings is 1. The number of aromatic amines is 1. The number of rotatable bonds is 2. The summed E-state index contributed by atoms with van der Waals surface area (Å²) in [6.07, 6.45) is 3.37. The maximum atomic E-state index is 5.85. The Hall–Kier alpha value is -1.48. The zero-order valence-corrected chi connectivity index (χ0v) is 8.38. The number of nitrogens with one attached hydrogen (secondary N) is 1. The van der Waals surface area contributed by atoms with Gasteiger partial charge in [0, 0.05) is 10.6 Å². The second kappa shape index (κ2) is 3.72. The van der Waals surface area contributed by atoms with Gasteiger partial charge in [-0.1, -0.05) is 11.6 Å². The first-order chi connectivity index (χ1) is 6.81. The predicted octanol–water partition coefficient (Wildman–Crippen LogP) is 2.74. The van der Waals surface area contributed by atoms with Crippen LogP contribution in [0.3, 0.4) is 0 Å². The highest BCUT2D eigenvalue weighted by molar-refractivity contribution is 6.30. The summed E-state index contributed by atoms with van der Waals surface area (Å²) in [7, 11) is 1.62. The number of hydrogen-bond donors (Lipinski definition) is 1. The number of benzene rings is 1. The van der Waals surface area contributed by atoms with Gasteiger partial charge in [-0.2, -0.15) is 0 Å². The first-order valence-electron chi connectivity index (χ1n) is 4.13. The molecule has 0 atom stereocenters. The van der Waals surface area contributed by atoms with Gasteiger partial charge >= 0.3 is 0 Å². The average molecular weight is 209 g/mol. The molecule has 0 aliphatic rings. The van der Waals surface area contributed by atoms with Crippen LogP contribution in [0, 0.1) is 0 Å². The third-order valence-electron chi connectivity index (χ3n) is 1.95. The van der Waals surface area contributed by atoms with Gasteiger partial charge in [-0.25, -0.2) is 4.98 Å². The highest BCUT2D eigenvalue weighted by Crippen LogP contribution is 2.30. The van der Waals surface area contributed by atoms with Gasteiger partial charge < -0.3 is 9.72 Å². The van der Waals surface area contributed by atoms with Crippen LogP contribution < -0.4 is 4.74 Å². The molecule has 1 heterocycles. The van der Waals surface area contributed by atoms with Crippen molar-refractivity contribution >= 4 is 11.6 Å². The Morgan fingerprint density at radius 3 is 2.93 bits per heavy atom. The third kappa shape index (κ3) is 1.59. The standard InChI is InChI=1S/C10H9ClN2O/c1-14-10-4-7(11)2-3-8(10)9-5-12-6-13-9/h2-6H,1H3,(H,12,13). The van der Waals surface area contributed by atoms with Gasteiger partial charge in [0.25, 0.3) is 0 Å². The van der Waals surface area contributed by atoms with Gasteiger partial charge in [0.1, 0.15) is 5.75 Å². The van der Waals surface area contributed by atoms with Crippen molar-refractivity contribution in [3.8, 4) is 17.0 Å². The molecule has 2 rings (SSSR count). The maximum absolute atomic E-state index is 5.85. The molecule has 0 bridgehead atoms. The number of methoxy groups -OCH3 is 1. The number of H-pyrrole nitrogens is 1. The lowest BCUT2D eigenvalue weighted by Crippen LogP contribution is -1.87. The second-order valence-electron chi connectivity index (χ2n) is 2.81. The molecule has 14 heavy (non-hydrogen) atoms. The Morgan fingerprint density at radius 2 is 2.29 bits per heavy atom. The van der Waals surface area contributed by atoms with E-state index in [1.807, 2.05) is 12.1 Å². The van der Waals surface area contributed by atoms with Crippen LogP contribution in [0.25, 0.3) is 11.3 Å². The number of nitrogens with zero attached hydrogens (tertiary/aromatic N) is 1. The first kappa shape index (κ1) is 9.09. The summed E-state index contributed by atoms with van der Waals surface area (Å²) in [5.41, 5.74) is 1.87. The van der Waals surface area contributed by atoms with E-state index in [0.29, 0.717) is 5.02 Å². The lowest BCUT2D eigenvalue weighted by atomic mass is 10.1. The topological polar surface area (TPSA) is 37.9 Å². The van der Waals surface area contributed by atoms with E-state index in [0.717, 1.165) is 17.0 Å². The minimum atomic E-state index is 0.658. The number of hydrogen-bond acceptors (Lipinski definition) is 2. The quantitative estimate of drug-likeness (QED) is 0.824. The normalized spacial score (nSPS) is 10.1. The lowest BCUT2D eigenvalue weighted by Gasteiger charge is -2.06. The average Bonchev–Trinajstić information content (AvgIpc) is 2.70. The molecule has 1 N–H and O–H groups in total. The molecular weight excluding hydrogens is 200 g/mol. The van der Waals surface area contributed by atoms with Gasteiger partial charge in [0.2, 0.25) is 0 Å². The summed E-state index contributed by atoms with van der Waals surface area (Å²) >= 11 is 5.85. The smallest absolute Gasteiger partial charge is 0.129 e. The fraction of sp³-hybridized carbons (Fsp3) is 0.100. The fourth-order valence-electron chi connectivity index (χ4n) is 1.29. The minimum Gasteiger partial charge on any atom is -0.496 e. The van der Waals surface area contributed by atoms with Crippen molar-refractivity contribution in [1.29, 1.82) is 0 Å². The largest absolute Gasteiger partial charge is 0.496 e. The van der Waals surface area contributed by atoms with Gasteiger partial charge in [0.05, 0.1) is 25.3 Å². The number of aromatic nitrogens is 2. The van der Waals surface area contributed by atoms with Crippen molar-refractivity contribution in [3.63, 3.8) is 0 Å². The lowest BCUT2D eigenvalue weighted by molar-refractivity contribution is 0.416. The molecule has 0 aliphatic carbocycles. The highest BCUT2D eigenvalue weighted by Gasteiger charge is 2.06. The Balaban J connectivity index is 2.53. The molecule has 0 radical (unpaired) electrons. The minimum absolute atomic E-state index is 0.658. The predicted molar refractivity (Wildman–Crippen MR) is 55.6 cm³/mol. The zero-order valence-electron chi connectivity index (χ0n) is 7.62. The van der Waals surface area contributed by atoms with E-state index in [4.69, 9.17) is 16.3 Å². The van der Waals surface area contributed by atoms with Crippen LogP contribution >= 0.6 is 11.6 Å². The summed E-state index contributed by atoms with van der Waals surface area (Å²) in [4.78, 5) is 6.97. The summed E-state index contributed by atoms with van der Waals surface area (Å²) in [6.45, 7) is 0. The van der Waals surface area contributed by atoms with Crippen molar-refractivity contribution in [3.05, 3.63) is 35.7 Å². The SMILES string of the molecule is COc1cc(Cl)ccc1-c1cnc[nH]1. The Labute approximate surface area is 86.7 Å². The van der Waals surface area contributed by atoms with Crippen molar-refractivity contribution in [2.45, 2.75) is 0 Å². The Kier molecular flexibility index (Phi) is 2.41. The van der Waals surface area contributed by atoms with Crippen LogP contribution in [0.4, 0.5) is 0 Å². The molecule has 1 aromatic carbocycles. The van der Waals surface area contributed by atoms with E-state index in [2.05, 4.69) is 9.97 Å². The van der Waals surface area contributed by atoms with Crippen LogP contribution in [0.1, 0.15) is 0 Å². The number of ether oxygens (including phenoxy) is 1. The van der Waals surface area contributed by atoms with Crippen LogP contribution in [0.5, 0.6) is 5.75 Å². The summed E-state index contributed by atoms with van der Waals surface area (Å²) in [5.74, 6) is 0.738. The highest BCUT2D eigenvalue weighted by atomic mass is 35.5. The number of halogens is 1. The maximum Gasteiger partial charge on any atom is 0.129 e. The van der Waals surface area contributed by atoms with Crippen molar-refractivity contribution in [2.75, 3.05) is 7.11 Å². The van der Waals surface area contributed by atoms with Crippen molar-refractivity contribution in [2.24, 2.45) is 0 Å². The summed E-state index contributed by atoms with van der Waals surface area (Å²) in [6, 6.07) is 5.49. The van der Waals surface area contributed by atoms with E-state index in [9.17, 15) is 0 Å². The van der Waals surface area contributed by atoms with E-state index in [-0.39, 0.29) is 0 Å². The van der Waals surface area contributed by atoms with Crippen LogP contribution in [-0.2, 0) is 0 Å². The Bertz CT molecular complexity index is 426. The third-order valence-corrected chi connectivity index (χ3v) is 2.19. The van der Waals surface area contributed by atoms with Crippen LogP contribution in [0.15, 0.2) is 30.7 Å². The van der Waals surface area contributed by atoms with E-state index in [1.54, 1.807) is 25.7 Å². The van der Waals surface area contributed by atoms with E-state index >= 15 is 0 Å². The molecule has 0 amide bonds. The molecule has 0 spiro atoms. The molecular formula is C10H9ClN2O. The summed E-state index contributed by atoms with van der Waals surface area (Å²) in [5, 5.41) is 0.658. The molecule has 0 aliphatic heterocycles. The Morgan fingerprint density at radius 1 is 1.43 bits per heavy atom. The molecule has 0 fully saturated rings.